The highest BCUT2D eigenvalue weighted by atomic mass is 127. The number of nitrogens with one attached hydrogen (secondary N) is 3. The van der Waals surface area contributed by atoms with E-state index in [1.165, 1.54) is 5.56 Å². The maximum Gasteiger partial charge on any atom is 0.239 e. The predicted octanol–water partition coefficient (Wildman–Crippen LogP) is 2.60. The first-order chi connectivity index (χ1) is 14.1. The number of hydrogen-bond donors (Lipinski definition) is 3. The van der Waals surface area contributed by atoms with Gasteiger partial charge in [0, 0.05) is 13.6 Å². The largest absolute Gasteiger partial charge is 0.493 e. The minimum atomic E-state index is -0.121. The van der Waals surface area contributed by atoms with E-state index in [0.717, 1.165) is 6.42 Å². The predicted molar refractivity (Wildman–Crippen MR) is 131 cm³/mol. The average molecular weight is 526 g/mol. The van der Waals surface area contributed by atoms with E-state index in [9.17, 15) is 4.79 Å². The first-order valence-electron chi connectivity index (χ1n) is 9.67. The lowest BCUT2D eigenvalue weighted by Gasteiger charge is -2.19. The van der Waals surface area contributed by atoms with Gasteiger partial charge in [-0.15, -0.1) is 24.0 Å². The van der Waals surface area contributed by atoms with Gasteiger partial charge in [-0.1, -0.05) is 42.5 Å². The highest BCUT2D eigenvalue weighted by Crippen LogP contribution is 2.26. The maximum absolute atomic E-state index is 12.0. The van der Waals surface area contributed by atoms with Crippen LogP contribution in [0.15, 0.2) is 59.6 Å². The quantitative estimate of drug-likeness (QED) is 0.252. The van der Waals surface area contributed by atoms with Gasteiger partial charge in [0.2, 0.25) is 5.91 Å². The zero-order valence-corrected chi connectivity index (χ0v) is 20.0. The van der Waals surface area contributed by atoms with Crippen LogP contribution >= 0.6 is 24.0 Å². The molecular formula is C22H31IN4O3. The summed E-state index contributed by atoms with van der Waals surface area (Å²) in [6, 6.07) is 17.6. The molecule has 0 aromatic heterocycles. The molecule has 0 aliphatic carbocycles. The molecule has 30 heavy (non-hydrogen) atoms. The first kappa shape index (κ1) is 25.5. The number of methoxy groups -OCH3 is 1. The summed E-state index contributed by atoms with van der Waals surface area (Å²) in [6.07, 6.45) is 0.682. The number of amides is 1. The highest BCUT2D eigenvalue weighted by Gasteiger charge is 2.10. The minimum absolute atomic E-state index is 0. The first-order valence-corrected chi connectivity index (χ1v) is 9.67. The fourth-order valence-electron chi connectivity index (χ4n) is 2.65. The van der Waals surface area contributed by atoms with Gasteiger partial charge < -0.3 is 25.4 Å². The number of benzene rings is 2. The molecule has 0 aliphatic heterocycles. The van der Waals surface area contributed by atoms with Crippen LogP contribution in [0, 0.1) is 0 Å². The summed E-state index contributed by atoms with van der Waals surface area (Å²) < 4.78 is 11.2. The van der Waals surface area contributed by atoms with Crippen LogP contribution in [0.25, 0.3) is 0 Å². The Morgan fingerprint density at radius 1 is 1.00 bits per heavy atom. The summed E-state index contributed by atoms with van der Waals surface area (Å²) in [6.45, 7) is 3.22. The number of halogens is 1. The van der Waals surface area contributed by atoms with Gasteiger partial charge in [-0.3, -0.25) is 9.79 Å². The lowest BCUT2D eigenvalue weighted by molar-refractivity contribution is -0.119. The molecule has 164 valence electrons. The molecular weight excluding hydrogens is 495 g/mol. The Bertz CT molecular complexity index is 787. The molecule has 0 saturated heterocycles. The van der Waals surface area contributed by atoms with Gasteiger partial charge in [-0.05, 0) is 31.0 Å². The van der Waals surface area contributed by atoms with Gasteiger partial charge in [-0.25, -0.2) is 0 Å². The SMILES string of the molecule is CN=C(NCC(=O)NCCc1ccccc1)NCC(C)Oc1ccccc1OC.I. The van der Waals surface area contributed by atoms with E-state index in [1.54, 1.807) is 14.2 Å². The number of carbonyl (C=O) groups is 1. The third-order valence-corrected chi connectivity index (χ3v) is 4.17. The van der Waals surface area contributed by atoms with Crippen LogP contribution in [0.5, 0.6) is 11.5 Å². The van der Waals surface area contributed by atoms with Crippen LogP contribution in [-0.4, -0.2) is 51.8 Å². The standard InChI is InChI=1S/C22H30N4O3.HI/c1-17(29-20-12-8-7-11-19(20)28-3)15-25-22(23-2)26-16-21(27)24-14-13-18-9-5-4-6-10-18;/h4-12,17H,13-16H2,1-3H3,(H,24,27)(H2,23,25,26);1H. The van der Waals surface area contributed by atoms with Crippen molar-refractivity contribution in [2.45, 2.75) is 19.4 Å². The molecule has 0 spiro atoms. The Morgan fingerprint density at radius 3 is 2.33 bits per heavy atom. The molecule has 0 radical (unpaired) electrons. The second kappa shape index (κ2) is 14.5. The Kier molecular flexibility index (Phi) is 12.3. The minimum Gasteiger partial charge on any atom is -0.493 e. The second-order valence-electron chi connectivity index (χ2n) is 6.47. The summed E-state index contributed by atoms with van der Waals surface area (Å²) in [7, 11) is 3.27. The van der Waals surface area contributed by atoms with Crippen LogP contribution in [-0.2, 0) is 11.2 Å². The zero-order chi connectivity index (χ0) is 20.9. The monoisotopic (exact) mass is 526 g/mol. The number of ether oxygens (including phenoxy) is 2. The fourth-order valence-corrected chi connectivity index (χ4v) is 2.65. The topological polar surface area (TPSA) is 84.0 Å². The molecule has 2 aromatic rings. The van der Waals surface area contributed by atoms with E-state index in [0.29, 0.717) is 30.5 Å². The van der Waals surface area contributed by atoms with Crippen LogP contribution in [0.1, 0.15) is 12.5 Å². The van der Waals surface area contributed by atoms with Crippen molar-refractivity contribution in [2.75, 3.05) is 33.8 Å². The van der Waals surface area contributed by atoms with Gasteiger partial charge >= 0.3 is 0 Å². The number of hydrogen-bond acceptors (Lipinski definition) is 4. The number of para-hydroxylation sites is 2. The van der Waals surface area contributed by atoms with E-state index in [4.69, 9.17) is 9.47 Å². The molecule has 8 heteroatoms. The smallest absolute Gasteiger partial charge is 0.239 e. The van der Waals surface area contributed by atoms with E-state index in [1.807, 2.05) is 61.5 Å². The second-order valence-corrected chi connectivity index (χ2v) is 6.47. The molecule has 0 bridgehead atoms. The van der Waals surface area contributed by atoms with Crippen LogP contribution in [0.2, 0.25) is 0 Å². The van der Waals surface area contributed by atoms with Crippen molar-refractivity contribution in [2.24, 2.45) is 4.99 Å². The van der Waals surface area contributed by atoms with Crippen LogP contribution < -0.4 is 25.4 Å². The molecule has 0 fully saturated rings. The van der Waals surface area contributed by atoms with Gasteiger partial charge in [-0.2, -0.15) is 0 Å². The molecule has 1 unspecified atom stereocenters. The van der Waals surface area contributed by atoms with Crippen molar-refractivity contribution >= 4 is 35.8 Å². The van der Waals surface area contributed by atoms with E-state index >= 15 is 0 Å². The molecule has 1 amide bonds. The Labute approximate surface area is 195 Å². The third-order valence-electron chi connectivity index (χ3n) is 4.17. The number of carbonyl (C=O) groups excluding carboxylic acids is 1. The van der Waals surface area contributed by atoms with Crippen molar-refractivity contribution in [3.63, 3.8) is 0 Å². The maximum atomic E-state index is 12.0. The van der Waals surface area contributed by atoms with Crippen molar-refractivity contribution < 1.29 is 14.3 Å². The highest BCUT2D eigenvalue weighted by molar-refractivity contribution is 14.0. The van der Waals surface area contributed by atoms with Gasteiger partial charge in [0.1, 0.15) is 6.10 Å². The summed E-state index contributed by atoms with van der Waals surface area (Å²) in [4.78, 5) is 16.1. The molecule has 0 saturated carbocycles. The lowest BCUT2D eigenvalue weighted by atomic mass is 10.1. The average Bonchev–Trinajstić information content (AvgIpc) is 2.75. The number of aliphatic imine (C=N–C) groups is 1. The van der Waals surface area contributed by atoms with Crippen molar-refractivity contribution in [3.8, 4) is 11.5 Å². The van der Waals surface area contributed by atoms with Gasteiger partial charge in [0.15, 0.2) is 17.5 Å². The molecule has 1 atom stereocenters. The summed E-state index contributed by atoms with van der Waals surface area (Å²) in [5.41, 5.74) is 1.20. The number of nitrogens with zero attached hydrogens (tertiary/aromatic N) is 1. The molecule has 7 nitrogen and oxygen atoms in total. The molecule has 0 aliphatic rings. The number of rotatable bonds is 10. The summed E-state index contributed by atoms with van der Waals surface area (Å²) in [5.74, 6) is 1.83. The molecule has 3 N–H and O–H groups in total. The summed E-state index contributed by atoms with van der Waals surface area (Å²) in [5, 5.41) is 9.06. The van der Waals surface area contributed by atoms with Crippen molar-refractivity contribution in [3.05, 3.63) is 60.2 Å². The zero-order valence-electron chi connectivity index (χ0n) is 17.7. The molecule has 2 aromatic carbocycles. The molecule has 0 heterocycles. The van der Waals surface area contributed by atoms with Crippen molar-refractivity contribution in [1.82, 2.24) is 16.0 Å². The Balaban J connectivity index is 0.00000450. The van der Waals surface area contributed by atoms with Crippen LogP contribution in [0.4, 0.5) is 0 Å². The van der Waals surface area contributed by atoms with E-state index in [2.05, 4.69) is 20.9 Å². The normalized spacial score (nSPS) is 11.6. The molecule has 2 rings (SSSR count). The third kappa shape index (κ3) is 9.34. The van der Waals surface area contributed by atoms with E-state index in [-0.39, 0.29) is 42.5 Å². The Morgan fingerprint density at radius 2 is 1.67 bits per heavy atom. The van der Waals surface area contributed by atoms with Crippen LogP contribution in [0.3, 0.4) is 0 Å². The van der Waals surface area contributed by atoms with Gasteiger partial charge in [0.05, 0.1) is 20.2 Å². The van der Waals surface area contributed by atoms with Crippen molar-refractivity contribution in [1.29, 1.82) is 0 Å². The number of guanidine groups is 1. The van der Waals surface area contributed by atoms with Gasteiger partial charge in [0.25, 0.3) is 0 Å². The Hall–Kier alpha value is -2.49. The van der Waals surface area contributed by atoms with E-state index < -0.39 is 0 Å². The summed E-state index contributed by atoms with van der Waals surface area (Å²) >= 11 is 0. The lowest BCUT2D eigenvalue weighted by Crippen LogP contribution is -2.45. The fraction of sp³-hybridized carbons (Fsp3) is 0.364.